The zero-order valence-electron chi connectivity index (χ0n) is 16.9. The lowest BCUT2D eigenvalue weighted by molar-refractivity contribution is 0.0746. The topological polar surface area (TPSA) is 48.5 Å². The Labute approximate surface area is 172 Å². The average Bonchev–Trinajstić information content (AvgIpc) is 2.74. The summed E-state index contributed by atoms with van der Waals surface area (Å²) >= 11 is 0. The lowest BCUT2D eigenvalue weighted by atomic mass is 10.1. The van der Waals surface area contributed by atoms with Gasteiger partial charge in [0.2, 0.25) is 0 Å². The molecule has 0 saturated carbocycles. The molecule has 29 heavy (non-hydrogen) atoms. The Bertz CT molecular complexity index is 1010. The first-order valence-electron chi connectivity index (χ1n) is 9.98. The molecule has 2 heterocycles. The minimum atomic E-state index is 0.0364. The van der Waals surface area contributed by atoms with Crippen molar-refractivity contribution in [3.05, 3.63) is 83.7 Å². The summed E-state index contributed by atoms with van der Waals surface area (Å²) in [5.41, 5.74) is 6.09. The third-order valence-electron chi connectivity index (χ3n) is 5.23. The number of carbonyl (C=O) groups excluding carboxylic acids is 1. The first kappa shape index (κ1) is 19.0. The van der Waals surface area contributed by atoms with E-state index in [1.165, 1.54) is 16.8 Å². The van der Waals surface area contributed by atoms with Crippen molar-refractivity contribution in [3.63, 3.8) is 0 Å². The number of amides is 1. The van der Waals surface area contributed by atoms with Gasteiger partial charge in [-0.05, 0) is 55.3 Å². The minimum Gasteiger partial charge on any atom is -0.368 e. The van der Waals surface area contributed by atoms with E-state index in [-0.39, 0.29) is 5.91 Å². The highest BCUT2D eigenvalue weighted by Gasteiger charge is 2.22. The van der Waals surface area contributed by atoms with E-state index in [2.05, 4.69) is 65.4 Å². The molecular formula is C24H26N4O. The standard InChI is InChI=1S/C24H26N4O/c1-18-5-3-7-21(13-18)26-22-15-20(16-25-17-22)24(29)28-11-9-27(10-12-28)23-8-4-6-19(2)14-23/h3-8,13-17,26H,9-12H2,1-2H3. The second kappa shape index (κ2) is 8.35. The maximum Gasteiger partial charge on any atom is 0.255 e. The fourth-order valence-electron chi connectivity index (χ4n) is 3.69. The third-order valence-corrected chi connectivity index (χ3v) is 5.23. The van der Waals surface area contributed by atoms with Crippen molar-refractivity contribution in [1.29, 1.82) is 0 Å². The Hall–Kier alpha value is -3.34. The molecule has 1 aliphatic heterocycles. The number of aryl methyl sites for hydroxylation is 2. The number of benzene rings is 2. The fraction of sp³-hybridized carbons (Fsp3) is 0.250. The molecule has 2 aromatic carbocycles. The van der Waals surface area contributed by atoms with Crippen molar-refractivity contribution in [2.24, 2.45) is 0 Å². The average molecular weight is 386 g/mol. The second-order valence-electron chi connectivity index (χ2n) is 7.58. The van der Waals surface area contributed by atoms with E-state index in [0.717, 1.165) is 24.5 Å². The van der Waals surface area contributed by atoms with Crippen molar-refractivity contribution >= 4 is 23.0 Å². The van der Waals surface area contributed by atoms with Crippen LogP contribution in [-0.2, 0) is 0 Å². The molecule has 1 N–H and O–H groups in total. The van der Waals surface area contributed by atoms with Gasteiger partial charge >= 0.3 is 0 Å². The monoisotopic (exact) mass is 386 g/mol. The number of carbonyl (C=O) groups is 1. The number of aromatic nitrogens is 1. The Morgan fingerprint density at radius 2 is 1.59 bits per heavy atom. The number of anilines is 3. The van der Waals surface area contributed by atoms with Crippen LogP contribution in [-0.4, -0.2) is 42.0 Å². The maximum absolute atomic E-state index is 13.0. The number of pyridine rings is 1. The Morgan fingerprint density at radius 1 is 0.862 bits per heavy atom. The zero-order chi connectivity index (χ0) is 20.2. The molecule has 1 aromatic heterocycles. The molecule has 1 saturated heterocycles. The Balaban J connectivity index is 1.41. The number of nitrogens with one attached hydrogen (secondary N) is 1. The Morgan fingerprint density at radius 3 is 2.31 bits per heavy atom. The van der Waals surface area contributed by atoms with Crippen LogP contribution < -0.4 is 10.2 Å². The van der Waals surface area contributed by atoms with Crippen LogP contribution in [0.5, 0.6) is 0 Å². The molecule has 0 atom stereocenters. The molecule has 5 nitrogen and oxygen atoms in total. The summed E-state index contributed by atoms with van der Waals surface area (Å²) in [5.74, 6) is 0.0364. The summed E-state index contributed by atoms with van der Waals surface area (Å²) in [4.78, 5) is 21.5. The van der Waals surface area contributed by atoms with Crippen molar-refractivity contribution in [1.82, 2.24) is 9.88 Å². The van der Waals surface area contributed by atoms with Crippen LogP contribution in [0.1, 0.15) is 21.5 Å². The van der Waals surface area contributed by atoms with Crippen molar-refractivity contribution < 1.29 is 4.79 Å². The highest BCUT2D eigenvalue weighted by molar-refractivity contribution is 5.95. The zero-order valence-corrected chi connectivity index (χ0v) is 16.9. The van der Waals surface area contributed by atoms with E-state index in [0.29, 0.717) is 18.7 Å². The first-order chi connectivity index (χ1) is 14.1. The van der Waals surface area contributed by atoms with Crippen LogP contribution >= 0.6 is 0 Å². The van der Waals surface area contributed by atoms with Gasteiger partial charge in [-0.25, -0.2) is 0 Å². The predicted molar refractivity (Wildman–Crippen MR) is 118 cm³/mol. The van der Waals surface area contributed by atoms with Crippen LogP contribution in [0.4, 0.5) is 17.1 Å². The van der Waals surface area contributed by atoms with Crippen LogP contribution in [0.2, 0.25) is 0 Å². The SMILES string of the molecule is Cc1cccc(Nc2cncc(C(=O)N3CCN(c4cccc(C)c4)CC3)c2)c1. The van der Waals surface area contributed by atoms with E-state index in [1.807, 2.05) is 23.1 Å². The highest BCUT2D eigenvalue weighted by Crippen LogP contribution is 2.21. The van der Waals surface area contributed by atoms with E-state index in [1.54, 1.807) is 12.4 Å². The van der Waals surface area contributed by atoms with E-state index in [4.69, 9.17) is 0 Å². The fourth-order valence-corrected chi connectivity index (χ4v) is 3.69. The van der Waals surface area contributed by atoms with Gasteiger partial charge in [0.25, 0.3) is 5.91 Å². The number of nitrogens with zero attached hydrogens (tertiary/aromatic N) is 3. The van der Waals surface area contributed by atoms with Crippen LogP contribution in [0.25, 0.3) is 0 Å². The van der Waals surface area contributed by atoms with Crippen LogP contribution in [0, 0.1) is 13.8 Å². The van der Waals surface area contributed by atoms with Gasteiger partial charge in [0.1, 0.15) is 0 Å². The van der Waals surface area contributed by atoms with Crippen molar-refractivity contribution in [2.45, 2.75) is 13.8 Å². The molecule has 4 rings (SSSR count). The number of hydrogen-bond donors (Lipinski definition) is 1. The molecule has 3 aromatic rings. The number of hydrogen-bond acceptors (Lipinski definition) is 4. The summed E-state index contributed by atoms with van der Waals surface area (Å²) in [5, 5.41) is 3.34. The highest BCUT2D eigenvalue weighted by atomic mass is 16.2. The van der Waals surface area contributed by atoms with Gasteiger partial charge in [0, 0.05) is 43.8 Å². The van der Waals surface area contributed by atoms with E-state index >= 15 is 0 Å². The molecule has 148 valence electrons. The first-order valence-corrected chi connectivity index (χ1v) is 9.98. The molecule has 0 bridgehead atoms. The largest absolute Gasteiger partial charge is 0.368 e. The van der Waals surface area contributed by atoms with Crippen molar-refractivity contribution in [3.8, 4) is 0 Å². The summed E-state index contributed by atoms with van der Waals surface area (Å²) in [6.45, 7) is 7.26. The smallest absolute Gasteiger partial charge is 0.255 e. The third kappa shape index (κ3) is 4.57. The lowest BCUT2D eigenvalue weighted by Gasteiger charge is -2.36. The second-order valence-corrected chi connectivity index (χ2v) is 7.58. The van der Waals surface area contributed by atoms with Gasteiger partial charge < -0.3 is 15.1 Å². The summed E-state index contributed by atoms with van der Waals surface area (Å²) in [6, 6.07) is 18.5. The maximum atomic E-state index is 13.0. The van der Waals surface area contributed by atoms with Crippen LogP contribution in [0.3, 0.4) is 0 Å². The summed E-state index contributed by atoms with van der Waals surface area (Å²) in [7, 11) is 0. The molecule has 0 radical (unpaired) electrons. The van der Waals surface area contributed by atoms with Gasteiger partial charge in [0.15, 0.2) is 0 Å². The minimum absolute atomic E-state index is 0.0364. The van der Waals surface area contributed by atoms with Gasteiger partial charge in [-0.15, -0.1) is 0 Å². The molecule has 0 spiro atoms. The van der Waals surface area contributed by atoms with Gasteiger partial charge in [0.05, 0.1) is 17.4 Å². The summed E-state index contributed by atoms with van der Waals surface area (Å²) in [6.07, 6.45) is 3.39. The Kier molecular flexibility index (Phi) is 5.47. The number of piperazine rings is 1. The van der Waals surface area contributed by atoms with E-state index < -0.39 is 0 Å². The number of rotatable bonds is 4. The normalized spacial score (nSPS) is 14.0. The van der Waals surface area contributed by atoms with Gasteiger partial charge in [-0.2, -0.15) is 0 Å². The van der Waals surface area contributed by atoms with Crippen LogP contribution in [0.15, 0.2) is 67.0 Å². The molecule has 0 unspecified atom stereocenters. The molecule has 1 fully saturated rings. The predicted octanol–water partition coefficient (Wildman–Crippen LogP) is 4.40. The quantitative estimate of drug-likeness (QED) is 0.722. The van der Waals surface area contributed by atoms with Crippen molar-refractivity contribution in [2.75, 3.05) is 36.4 Å². The van der Waals surface area contributed by atoms with Gasteiger partial charge in [-0.3, -0.25) is 9.78 Å². The summed E-state index contributed by atoms with van der Waals surface area (Å²) < 4.78 is 0. The van der Waals surface area contributed by atoms with E-state index in [9.17, 15) is 4.79 Å². The molecule has 1 aliphatic rings. The molecule has 5 heteroatoms. The van der Waals surface area contributed by atoms with Gasteiger partial charge in [-0.1, -0.05) is 24.3 Å². The molecule has 0 aliphatic carbocycles. The molecule has 1 amide bonds. The molecular weight excluding hydrogens is 360 g/mol. The lowest BCUT2D eigenvalue weighted by Crippen LogP contribution is -2.48.